The smallest absolute Gasteiger partial charge is 0.0679 e. The summed E-state index contributed by atoms with van der Waals surface area (Å²) in [5.41, 5.74) is 2.54. The maximum absolute atomic E-state index is 4.29. The van der Waals surface area contributed by atoms with Crippen molar-refractivity contribution >= 4 is 5.69 Å². The third-order valence-electron chi connectivity index (χ3n) is 3.84. The Kier molecular flexibility index (Phi) is 4.33. The molecule has 0 radical (unpaired) electrons. The number of anilines is 1. The van der Waals surface area contributed by atoms with Crippen molar-refractivity contribution in [3.63, 3.8) is 0 Å². The van der Waals surface area contributed by atoms with Gasteiger partial charge in [-0.05, 0) is 50.0 Å². The molecule has 20 heavy (non-hydrogen) atoms. The SMILES string of the molecule is c1ccc(NC2CCCNCC2)c(Cn2cccn2)c1. The minimum absolute atomic E-state index is 0.573. The maximum atomic E-state index is 4.29. The van der Waals surface area contributed by atoms with Gasteiger partial charge >= 0.3 is 0 Å². The second-order valence-electron chi connectivity index (χ2n) is 5.38. The topological polar surface area (TPSA) is 41.9 Å². The van der Waals surface area contributed by atoms with E-state index < -0.39 is 0 Å². The molecule has 1 unspecified atom stereocenters. The number of hydrogen-bond donors (Lipinski definition) is 2. The molecule has 106 valence electrons. The lowest BCUT2D eigenvalue weighted by Gasteiger charge is -2.20. The van der Waals surface area contributed by atoms with Gasteiger partial charge in [-0.15, -0.1) is 0 Å². The van der Waals surface area contributed by atoms with Crippen molar-refractivity contribution in [1.29, 1.82) is 0 Å². The fourth-order valence-corrected chi connectivity index (χ4v) is 2.75. The molecule has 1 atom stereocenters. The van der Waals surface area contributed by atoms with Crippen LogP contribution in [-0.4, -0.2) is 28.9 Å². The van der Waals surface area contributed by atoms with Gasteiger partial charge in [-0.3, -0.25) is 4.68 Å². The van der Waals surface area contributed by atoms with E-state index in [4.69, 9.17) is 0 Å². The number of aromatic nitrogens is 2. The van der Waals surface area contributed by atoms with E-state index in [0.717, 1.165) is 19.6 Å². The molecule has 0 amide bonds. The Morgan fingerprint density at radius 1 is 1.20 bits per heavy atom. The van der Waals surface area contributed by atoms with Crippen LogP contribution in [0, 0.1) is 0 Å². The van der Waals surface area contributed by atoms with Crippen molar-refractivity contribution in [1.82, 2.24) is 15.1 Å². The summed E-state index contributed by atoms with van der Waals surface area (Å²) in [6.45, 7) is 3.08. The predicted molar refractivity (Wildman–Crippen MR) is 81.9 cm³/mol. The number of nitrogens with zero attached hydrogens (tertiary/aromatic N) is 2. The molecule has 1 fully saturated rings. The Hall–Kier alpha value is -1.81. The van der Waals surface area contributed by atoms with Gasteiger partial charge in [0.2, 0.25) is 0 Å². The molecule has 4 nitrogen and oxygen atoms in total. The second kappa shape index (κ2) is 6.57. The molecule has 3 rings (SSSR count). The lowest BCUT2D eigenvalue weighted by molar-refractivity contribution is 0.633. The Bertz CT molecular complexity index is 513. The monoisotopic (exact) mass is 270 g/mol. The first-order valence-corrected chi connectivity index (χ1v) is 7.44. The van der Waals surface area contributed by atoms with Crippen LogP contribution in [0.4, 0.5) is 5.69 Å². The van der Waals surface area contributed by atoms with Crippen LogP contribution in [0.15, 0.2) is 42.7 Å². The van der Waals surface area contributed by atoms with Crippen LogP contribution in [0.2, 0.25) is 0 Å². The first-order chi connectivity index (χ1) is 9.92. The zero-order chi connectivity index (χ0) is 13.6. The summed E-state index contributed by atoms with van der Waals surface area (Å²) in [7, 11) is 0. The summed E-state index contributed by atoms with van der Waals surface area (Å²) < 4.78 is 1.97. The molecule has 2 N–H and O–H groups in total. The zero-order valence-electron chi connectivity index (χ0n) is 11.8. The predicted octanol–water partition coefficient (Wildman–Crippen LogP) is 2.49. The first-order valence-electron chi connectivity index (χ1n) is 7.44. The number of hydrogen-bond acceptors (Lipinski definition) is 3. The largest absolute Gasteiger partial charge is 0.382 e. The van der Waals surface area contributed by atoms with Gasteiger partial charge in [0, 0.05) is 24.1 Å². The van der Waals surface area contributed by atoms with Gasteiger partial charge < -0.3 is 10.6 Å². The Labute approximate surface area is 120 Å². The second-order valence-corrected chi connectivity index (χ2v) is 5.38. The first kappa shape index (κ1) is 13.2. The molecule has 1 aliphatic rings. The Morgan fingerprint density at radius 2 is 2.15 bits per heavy atom. The standard InChI is InChI=1S/C16H22N4/c1-2-7-16(19-15-6-3-9-17-11-8-15)14(5-1)13-20-12-4-10-18-20/h1-2,4-5,7,10,12,15,17,19H,3,6,8-9,11,13H2. The van der Waals surface area contributed by atoms with E-state index in [9.17, 15) is 0 Å². The van der Waals surface area contributed by atoms with Crippen LogP contribution in [0.3, 0.4) is 0 Å². The molecule has 1 saturated heterocycles. The lowest BCUT2D eigenvalue weighted by Crippen LogP contribution is -2.22. The number of nitrogens with one attached hydrogen (secondary N) is 2. The summed E-state index contributed by atoms with van der Waals surface area (Å²) in [5.74, 6) is 0. The van der Waals surface area contributed by atoms with Crippen molar-refractivity contribution in [3.05, 3.63) is 48.3 Å². The summed E-state index contributed by atoms with van der Waals surface area (Å²) in [6.07, 6.45) is 7.51. The molecular weight excluding hydrogens is 248 g/mol. The van der Waals surface area contributed by atoms with Gasteiger partial charge in [-0.25, -0.2) is 0 Å². The van der Waals surface area contributed by atoms with Gasteiger partial charge in [0.15, 0.2) is 0 Å². The van der Waals surface area contributed by atoms with Crippen molar-refractivity contribution < 1.29 is 0 Å². The summed E-state index contributed by atoms with van der Waals surface area (Å²) >= 11 is 0. The molecule has 0 aliphatic carbocycles. The maximum Gasteiger partial charge on any atom is 0.0679 e. The molecule has 2 heterocycles. The van der Waals surface area contributed by atoms with Crippen LogP contribution in [0.5, 0.6) is 0 Å². The van der Waals surface area contributed by atoms with Crippen LogP contribution in [-0.2, 0) is 6.54 Å². The number of rotatable bonds is 4. The zero-order valence-corrected chi connectivity index (χ0v) is 11.8. The van der Waals surface area contributed by atoms with Gasteiger partial charge in [0.1, 0.15) is 0 Å². The molecule has 2 aromatic rings. The molecule has 1 aromatic carbocycles. The van der Waals surface area contributed by atoms with Gasteiger partial charge in [-0.2, -0.15) is 5.10 Å². The van der Waals surface area contributed by atoms with Crippen LogP contribution < -0.4 is 10.6 Å². The average molecular weight is 270 g/mol. The van der Waals surface area contributed by atoms with E-state index in [-0.39, 0.29) is 0 Å². The highest BCUT2D eigenvalue weighted by Gasteiger charge is 2.13. The Balaban J connectivity index is 1.71. The molecule has 0 spiro atoms. The van der Waals surface area contributed by atoms with E-state index in [0.29, 0.717) is 6.04 Å². The molecule has 4 heteroatoms. The van der Waals surface area contributed by atoms with E-state index in [1.165, 1.54) is 30.5 Å². The average Bonchev–Trinajstić information content (AvgIpc) is 2.84. The van der Waals surface area contributed by atoms with Gasteiger partial charge in [0.25, 0.3) is 0 Å². The van der Waals surface area contributed by atoms with E-state index in [2.05, 4.69) is 40.0 Å². The third-order valence-corrected chi connectivity index (χ3v) is 3.84. The summed E-state index contributed by atoms with van der Waals surface area (Å²) in [4.78, 5) is 0. The summed E-state index contributed by atoms with van der Waals surface area (Å²) in [6, 6.07) is 11.1. The van der Waals surface area contributed by atoms with Crippen molar-refractivity contribution in [3.8, 4) is 0 Å². The highest BCUT2D eigenvalue weighted by molar-refractivity contribution is 5.51. The highest BCUT2D eigenvalue weighted by atomic mass is 15.3. The van der Waals surface area contributed by atoms with E-state index >= 15 is 0 Å². The molecular formula is C16H22N4. The Morgan fingerprint density at radius 3 is 3.05 bits per heavy atom. The van der Waals surface area contributed by atoms with Crippen molar-refractivity contribution in [2.75, 3.05) is 18.4 Å². The fourth-order valence-electron chi connectivity index (χ4n) is 2.75. The van der Waals surface area contributed by atoms with Crippen LogP contribution in [0.1, 0.15) is 24.8 Å². The van der Waals surface area contributed by atoms with Crippen molar-refractivity contribution in [2.24, 2.45) is 0 Å². The lowest BCUT2D eigenvalue weighted by atomic mass is 10.1. The quantitative estimate of drug-likeness (QED) is 0.897. The van der Waals surface area contributed by atoms with Crippen LogP contribution >= 0.6 is 0 Å². The molecule has 1 aromatic heterocycles. The molecule has 0 saturated carbocycles. The minimum atomic E-state index is 0.573. The normalized spacial score (nSPS) is 19.5. The molecule has 0 bridgehead atoms. The fraction of sp³-hybridized carbons (Fsp3) is 0.438. The van der Waals surface area contributed by atoms with E-state index in [1.807, 2.05) is 23.1 Å². The summed E-state index contributed by atoms with van der Waals surface area (Å²) in [5, 5.41) is 11.5. The van der Waals surface area contributed by atoms with Gasteiger partial charge in [-0.1, -0.05) is 18.2 Å². The number of benzene rings is 1. The third kappa shape index (κ3) is 3.39. The minimum Gasteiger partial charge on any atom is -0.382 e. The van der Waals surface area contributed by atoms with Gasteiger partial charge in [0.05, 0.1) is 6.54 Å². The van der Waals surface area contributed by atoms with Crippen LogP contribution in [0.25, 0.3) is 0 Å². The number of para-hydroxylation sites is 1. The van der Waals surface area contributed by atoms with Crippen molar-refractivity contribution in [2.45, 2.75) is 31.8 Å². The molecule has 1 aliphatic heterocycles. The highest BCUT2D eigenvalue weighted by Crippen LogP contribution is 2.20. The van der Waals surface area contributed by atoms with E-state index in [1.54, 1.807) is 0 Å².